The number of nitrogens with zero attached hydrogens (tertiary/aromatic N) is 1. The molecule has 0 spiro atoms. The monoisotopic (exact) mass is 300 g/mol. The highest BCUT2D eigenvalue weighted by Crippen LogP contribution is 2.32. The van der Waals surface area contributed by atoms with E-state index in [0.29, 0.717) is 11.6 Å². The van der Waals surface area contributed by atoms with Gasteiger partial charge in [-0.25, -0.2) is 0 Å². The van der Waals surface area contributed by atoms with Crippen molar-refractivity contribution >= 4 is 23.2 Å². The molecule has 1 heterocycles. The molecule has 1 saturated heterocycles. The summed E-state index contributed by atoms with van der Waals surface area (Å²) < 4.78 is 0. The van der Waals surface area contributed by atoms with Crippen molar-refractivity contribution in [3.05, 3.63) is 33.8 Å². The van der Waals surface area contributed by atoms with Crippen LogP contribution in [0.3, 0.4) is 0 Å². The maximum absolute atomic E-state index is 6.31. The summed E-state index contributed by atoms with van der Waals surface area (Å²) in [4.78, 5) is 2.46. The minimum absolute atomic E-state index is 0.211. The van der Waals surface area contributed by atoms with Crippen LogP contribution in [0.15, 0.2) is 18.2 Å². The van der Waals surface area contributed by atoms with E-state index in [-0.39, 0.29) is 6.04 Å². The first kappa shape index (κ1) is 15.1. The van der Waals surface area contributed by atoms with Crippen LogP contribution in [0.4, 0.5) is 0 Å². The van der Waals surface area contributed by atoms with Gasteiger partial charge in [0.15, 0.2) is 0 Å². The summed E-state index contributed by atoms with van der Waals surface area (Å²) in [6.07, 6.45) is 3.80. The Bertz CT molecular complexity index is 415. The van der Waals surface area contributed by atoms with Crippen molar-refractivity contribution in [2.75, 3.05) is 19.6 Å². The minimum Gasteiger partial charge on any atom is -0.329 e. The first-order valence-corrected chi connectivity index (χ1v) is 7.80. The van der Waals surface area contributed by atoms with Crippen LogP contribution in [0.1, 0.15) is 37.8 Å². The molecule has 0 aliphatic carbocycles. The van der Waals surface area contributed by atoms with Crippen molar-refractivity contribution < 1.29 is 0 Å². The maximum atomic E-state index is 6.31. The second-order valence-corrected chi connectivity index (χ2v) is 6.15. The lowest BCUT2D eigenvalue weighted by atomic mass is 9.92. The van der Waals surface area contributed by atoms with E-state index in [1.807, 2.05) is 12.1 Å². The third kappa shape index (κ3) is 3.63. The van der Waals surface area contributed by atoms with Crippen LogP contribution in [0.25, 0.3) is 0 Å². The molecule has 19 heavy (non-hydrogen) atoms. The Hall–Kier alpha value is -0.280. The summed E-state index contributed by atoms with van der Waals surface area (Å²) in [6, 6.07) is 5.92. The van der Waals surface area contributed by atoms with Crippen LogP contribution in [0.2, 0.25) is 10.0 Å². The number of nitrogens with two attached hydrogens (primary N) is 1. The van der Waals surface area contributed by atoms with Gasteiger partial charge in [0.05, 0.1) is 0 Å². The summed E-state index contributed by atoms with van der Waals surface area (Å²) in [5.74, 6) is 0.871. The number of piperidine rings is 1. The smallest absolute Gasteiger partial charge is 0.0485 e. The van der Waals surface area contributed by atoms with Gasteiger partial charge >= 0.3 is 0 Å². The lowest BCUT2D eigenvalue weighted by molar-refractivity contribution is 0.134. The van der Waals surface area contributed by atoms with Crippen LogP contribution >= 0.6 is 23.2 Å². The van der Waals surface area contributed by atoms with E-state index < -0.39 is 0 Å². The maximum Gasteiger partial charge on any atom is 0.0485 e. The summed E-state index contributed by atoms with van der Waals surface area (Å²) in [5.41, 5.74) is 7.08. The van der Waals surface area contributed by atoms with Crippen LogP contribution in [0, 0.1) is 5.92 Å². The van der Waals surface area contributed by atoms with Crippen molar-refractivity contribution in [3.63, 3.8) is 0 Å². The topological polar surface area (TPSA) is 29.3 Å². The zero-order chi connectivity index (χ0) is 13.8. The Morgan fingerprint density at radius 2 is 2.00 bits per heavy atom. The second-order valence-electron chi connectivity index (χ2n) is 5.30. The number of hydrogen-bond acceptors (Lipinski definition) is 2. The molecule has 0 bridgehead atoms. The first-order valence-electron chi connectivity index (χ1n) is 7.04. The van der Waals surface area contributed by atoms with E-state index in [1.54, 1.807) is 6.07 Å². The van der Waals surface area contributed by atoms with Gasteiger partial charge in [-0.05, 0) is 49.5 Å². The molecular weight excluding hydrogens is 279 g/mol. The van der Waals surface area contributed by atoms with Crippen molar-refractivity contribution in [3.8, 4) is 0 Å². The van der Waals surface area contributed by atoms with Gasteiger partial charge in [0.2, 0.25) is 0 Å². The lowest BCUT2D eigenvalue weighted by Crippen LogP contribution is -2.39. The zero-order valence-electron chi connectivity index (χ0n) is 11.4. The van der Waals surface area contributed by atoms with Gasteiger partial charge in [-0.3, -0.25) is 4.90 Å². The molecule has 1 aliphatic rings. The molecule has 1 aromatic carbocycles. The van der Waals surface area contributed by atoms with Crippen molar-refractivity contribution in [2.24, 2.45) is 11.7 Å². The average molecular weight is 301 g/mol. The van der Waals surface area contributed by atoms with E-state index in [2.05, 4.69) is 11.8 Å². The van der Waals surface area contributed by atoms with Crippen LogP contribution in [-0.2, 0) is 0 Å². The lowest BCUT2D eigenvalue weighted by Gasteiger charge is -2.37. The first-order chi connectivity index (χ1) is 9.15. The predicted octanol–water partition coefficient (Wildman–Crippen LogP) is 4.12. The number of likely N-dealkylation sites (tertiary alicyclic amines) is 1. The average Bonchev–Trinajstić information content (AvgIpc) is 2.42. The Kier molecular flexibility index (Phi) is 5.52. The highest BCUT2D eigenvalue weighted by Gasteiger charge is 2.25. The molecule has 1 unspecified atom stereocenters. The molecule has 4 heteroatoms. The third-order valence-electron chi connectivity index (χ3n) is 4.21. The van der Waals surface area contributed by atoms with Crippen LogP contribution in [0.5, 0.6) is 0 Å². The molecule has 0 saturated carbocycles. The number of rotatable bonds is 4. The fourth-order valence-corrected chi connectivity index (χ4v) is 3.45. The van der Waals surface area contributed by atoms with E-state index in [0.717, 1.165) is 29.6 Å². The largest absolute Gasteiger partial charge is 0.329 e. The molecule has 1 atom stereocenters. The quantitative estimate of drug-likeness (QED) is 0.906. The Balaban J connectivity index is 2.12. The molecule has 106 valence electrons. The van der Waals surface area contributed by atoms with E-state index in [9.17, 15) is 0 Å². The fraction of sp³-hybridized carbons (Fsp3) is 0.600. The summed E-state index contributed by atoms with van der Waals surface area (Å²) >= 11 is 12.3. The molecule has 1 fully saturated rings. The zero-order valence-corrected chi connectivity index (χ0v) is 12.9. The molecule has 0 amide bonds. The standard InChI is InChI=1S/C15H22Cl2N2/c1-2-11-5-7-19(8-6-11)15(10-18)13-4-3-12(16)9-14(13)17/h3-4,9,11,15H,2,5-8,10,18H2,1H3. The molecule has 2 nitrogen and oxygen atoms in total. The van der Waals surface area contributed by atoms with Crippen molar-refractivity contribution in [2.45, 2.75) is 32.2 Å². The van der Waals surface area contributed by atoms with Gasteiger partial charge in [0.1, 0.15) is 0 Å². The van der Waals surface area contributed by atoms with Crippen LogP contribution in [-0.4, -0.2) is 24.5 Å². The molecule has 0 radical (unpaired) electrons. The number of halogens is 2. The van der Waals surface area contributed by atoms with E-state index >= 15 is 0 Å². The van der Waals surface area contributed by atoms with E-state index in [4.69, 9.17) is 28.9 Å². The minimum atomic E-state index is 0.211. The second kappa shape index (κ2) is 6.94. The summed E-state index contributed by atoms with van der Waals surface area (Å²) in [5, 5.41) is 1.40. The number of benzene rings is 1. The predicted molar refractivity (Wildman–Crippen MR) is 82.8 cm³/mol. The van der Waals surface area contributed by atoms with Gasteiger partial charge in [-0.15, -0.1) is 0 Å². The van der Waals surface area contributed by atoms with Gasteiger partial charge in [-0.1, -0.05) is 42.6 Å². The van der Waals surface area contributed by atoms with Gasteiger partial charge in [-0.2, -0.15) is 0 Å². The summed E-state index contributed by atoms with van der Waals surface area (Å²) in [7, 11) is 0. The fourth-order valence-electron chi connectivity index (χ4n) is 2.92. The third-order valence-corrected chi connectivity index (χ3v) is 4.77. The van der Waals surface area contributed by atoms with Gasteiger partial charge < -0.3 is 5.73 Å². The van der Waals surface area contributed by atoms with Crippen molar-refractivity contribution in [1.29, 1.82) is 0 Å². The Labute approximate surface area is 125 Å². The Morgan fingerprint density at radius 1 is 1.32 bits per heavy atom. The van der Waals surface area contributed by atoms with Crippen molar-refractivity contribution in [1.82, 2.24) is 4.90 Å². The summed E-state index contributed by atoms with van der Waals surface area (Å²) in [6.45, 7) is 5.09. The van der Waals surface area contributed by atoms with E-state index in [1.165, 1.54) is 19.3 Å². The molecule has 1 aliphatic heterocycles. The Morgan fingerprint density at radius 3 is 2.53 bits per heavy atom. The SMILES string of the molecule is CCC1CCN(C(CN)c2ccc(Cl)cc2Cl)CC1. The van der Waals surface area contributed by atoms with Gasteiger partial charge in [0.25, 0.3) is 0 Å². The highest BCUT2D eigenvalue weighted by atomic mass is 35.5. The number of hydrogen-bond donors (Lipinski definition) is 1. The molecule has 2 rings (SSSR count). The highest BCUT2D eigenvalue weighted by molar-refractivity contribution is 6.35. The molecule has 0 aromatic heterocycles. The molecule has 2 N–H and O–H groups in total. The van der Waals surface area contributed by atoms with Crippen LogP contribution < -0.4 is 5.73 Å². The molecule has 1 aromatic rings. The molecular formula is C15H22Cl2N2. The van der Waals surface area contributed by atoms with Gasteiger partial charge in [0, 0.05) is 22.6 Å². The normalized spacial score (nSPS) is 19.6.